The highest BCUT2D eigenvalue weighted by molar-refractivity contribution is 7.89. The van der Waals surface area contributed by atoms with Gasteiger partial charge >= 0.3 is 6.09 Å². The van der Waals surface area contributed by atoms with E-state index in [1.807, 2.05) is 19.1 Å². The fraction of sp³-hybridized carbons (Fsp3) is 0.348. The lowest BCUT2D eigenvalue weighted by Crippen LogP contribution is -2.37. The summed E-state index contributed by atoms with van der Waals surface area (Å²) < 4.78 is 38.2. The second kappa shape index (κ2) is 8.60. The van der Waals surface area contributed by atoms with E-state index in [-0.39, 0.29) is 13.1 Å². The van der Waals surface area contributed by atoms with Gasteiger partial charge in [-0.15, -0.1) is 0 Å². The van der Waals surface area contributed by atoms with Crippen molar-refractivity contribution in [1.82, 2.24) is 14.4 Å². The molecule has 1 aliphatic heterocycles. The third-order valence-electron chi connectivity index (χ3n) is 5.57. The van der Waals surface area contributed by atoms with Crippen molar-refractivity contribution in [3.63, 3.8) is 0 Å². The van der Waals surface area contributed by atoms with Crippen molar-refractivity contribution in [2.24, 2.45) is 0 Å². The molecule has 10 heteroatoms. The quantitative estimate of drug-likeness (QED) is 0.542. The fourth-order valence-corrected chi connectivity index (χ4v) is 5.75. The minimum Gasteiger partial charge on any atom is -0.443 e. The molecule has 1 aromatic heterocycles. The number of cyclic esters (lactones) is 1. The van der Waals surface area contributed by atoms with Gasteiger partial charge in [0, 0.05) is 25.2 Å². The number of ether oxygens (including phenoxy) is 1. The molecule has 0 saturated carbocycles. The van der Waals surface area contributed by atoms with Gasteiger partial charge in [0.15, 0.2) is 0 Å². The molecule has 3 aromatic rings. The number of carbonyl (C=O) groups excluding carboxylic acids is 1. The molecule has 4 rings (SSSR count). The summed E-state index contributed by atoms with van der Waals surface area (Å²) >= 11 is 0. The van der Waals surface area contributed by atoms with E-state index in [4.69, 9.17) is 9.26 Å². The summed E-state index contributed by atoms with van der Waals surface area (Å²) in [6.45, 7) is 7.52. The smallest absolute Gasteiger partial charge is 0.414 e. The zero-order valence-electron chi connectivity index (χ0n) is 19.2. The van der Waals surface area contributed by atoms with Crippen molar-refractivity contribution in [3.05, 3.63) is 59.0 Å². The van der Waals surface area contributed by atoms with Crippen LogP contribution in [0.4, 0.5) is 10.5 Å². The van der Waals surface area contributed by atoms with Gasteiger partial charge < -0.3 is 9.26 Å². The summed E-state index contributed by atoms with van der Waals surface area (Å²) in [5.41, 5.74) is 3.80. The van der Waals surface area contributed by atoms with Crippen LogP contribution >= 0.6 is 0 Å². The topological polar surface area (TPSA) is 106 Å². The predicted octanol–water partition coefficient (Wildman–Crippen LogP) is 3.62. The van der Waals surface area contributed by atoms with E-state index in [2.05, 4.69) is 10.1 Å². The van der Waals surface area contributed by atoms with Crippen molar-refractivity contribution in [2.75, 3.05) is 25.0 Å². The van der Waals surface area contributed by atoms with E-state index in [0.29, 0.717) is 33.4 Å². The van der Waals surface area contributed by atoms with Crippen LogP contribution in [0.25, 0.3) is 11.4 Å². The molecule has 1 unspecified atom stereocenters. The first kappa shape index (κ1) is 22.9. The van der Waals surface area contributed by atoms with E-state index < -0.39 is 22.2 Å². The maximum atomic E-state index is 13.2. The zero-order valence-corrected chi connectivity index (χ0v) is 20.0. The third-order valence-corrected chi connectivity index (χ3v) is 7.70. The average molecular weight is 471 g/mol. The highest BCUT2D eigenvalue weighted by Gasteiger charge is 2.36. The normalized spacial score (nSPS) is 16.5. The zero-order chi connectivity index (χ0) is 23.9. The van der Waals surface area contributed by atoms with Crippen LogP contribution in [0.5, 0.6) is 0 Å². The number of nitrogens with zero attached hydrogens (tertiary/aromatic N) is 4. The van der Waals surface area contributed by atoms with Crippen LogP contribution in [0.2, 0.25) is 0 Å². The molecule has 0 aliphatic carbocycles. The van der Waals surface area contributed by atoms with Crippen LogP contribution in [0.15, 0.2) is 45.8 Å². The summed E-state index contributed by atoms with van der Waals surface area (Å²) in [6, 6.07) is 10.8. The van der Waals surface area contributed by atoms with E-state index in [0.717, 1.165) is 11.1 Å². The van der Waals surface area contributed by atoms with Crippen molar-refractivity contribution in [1.29, 1.82) is 0 Å². The number of benzene rings is 2. The molecule has 0 spiro atoms. The fourth-order valence-electron chi connectivity index (χ4n) is 4.15. The van der Waals surface area contributed by atoms with Crippen LogP contribution in [0, 0.1) is 27.7 Å². The Labute approximate surface area is 193 Å². The minimum absolute atomic E-state index is 0.0531. The first-order valence-electron chi connectivity index (χ1n) is 10.5. The van der Waals surface area contributed by atoms with Gasteiger partial charge in [-0.1, -0.05) is 22.9 Å². The Morgan fingerprint density at radius 1 is 1.09 bits per heavy atom. The number of amides is 1. The molecule has 2 heterocycles. The summed E-state index contributed by atoms with van der Waals surface area (Å²) in [4.78, 5) is 18.5. The Morgan fingerprint density at radius 3 is 2.30 bits per heavy atom. The Bertz CT molecular complexity index is 1280. The number of anilines is 1. The molecule has 1 aliphatic rings. The lowest BCUT2D eigenvalue weighted by Gasteiger charge is -2.22. The highest BCUT2D eigenvalue weighted by Crippen LogP contribution is 2.28. The molecular weight excluding hydrogens is 444 g/mol. The van der Waals surface area contributed by atoms with Crippen molar-refractivity contribution in [2.45, 2.75) is 38.7 Å². The highest BCUT2D eigenvalue weighted by atomic mass is 32.2. The van der Waals surface area contributed by atoms with Gasteiger partial charge in [0.1, 0.15) is 6.10 Å². The maximum absolute atomic E-state index is 13.2. The van der Waals surface area contributed by atoms with Crippen LogP contribution in [-0.4, -0.2) is 55.2 Å². The number of aromatic nitrogens is 2. The van der Waals surface area contributed by atoms with Gasteiger partial charge in [-0.25, -0.2) is 13.2 Å². The average Bonchev–Trinajstić information content (AvgIpc) is 3.32. The second-order valence-electron chi connectivity index (χ2n) is 8.31. The molecule has 1 fully saturated rings. The van der Waals surface area contributed by atoms with Crippen molar-refractivity contribution in [3.8, 4) is 11.4 Å². The Morgan fingerprint density at radius 2 is 1.73 bits per heavy atom. The Balaban J connectivity index is 1.47. The molecule has 2 aromatic carbocycles. The van der Waals surface area contributed by atoms with Crippen LogP contribution in [0.3, 0.4) is 0 Å². The molecule has 1 saturated heterocycles. The third kappa shape index (κ3) is 4.49. The summed E-state index contributed by atoms with van der Waals surface area (Å²) in [6.07, 6.45) is -1.11. The lowest BCUT2D eigenvalue weighted by molar-refractivity contribution is 0.131. The van der Waals surface area contributed by atoms with Crippen molar-refractivity contribution >= 4 is 21.8 Å². The maximum Gasteiger partial charge on any atom is 0.414 e. The molecule has 0 bridgehead atoms. The van der Waals surface area contributed by atoms with Gasteiger partial charge in [0.25, 0.3) is 0 Å². The van der Waals surface area contributed by atoms with Gasteiger partial charge in [0.05, 0.1) is 18.0 Å². The van der Waals surface area contributed by atoms with Crippen LogP contribution in [0.1, 0.15) is 22.6 Å². The number of likely N-dealkylation sites (N-methyl/N-ethyl adjacent to an activating group) is 1. The number of hydrogen-bond acceptors (Lipinski definition) is 7. The van der Waals surface area contributed by atoms with E-state index in [1.165, 1.54) is 16.3 Å². The summed E-state index contributed by atoms with van der Waals surface area (Å²) in [7, 11) is -2.23. The molecule has 0 N–H and O–H groups in total. The molecular formula is C23H26N4O5S. The molecule has 9 nitrogen and oxygen atoms in total. The second-order valence-corrected chi connectivity index (χ2v) is 10.3. The molecule has 1 atom stereocenters. The van der Waals surface area contributed by atoms with E-state index in [9.17, 15) is 13.2 Å². The van der Waals surface area contributed by atoms with Gasteiger partial charge in [-0.05, 0) is 56.2 Å². The number of sulfonamides is 1. The first-order chi connectivity index (χ1) is 15.6. The van der Waals surface area contributed by atoms with Crippen LogP contribution < -0.4 is 4.90 Å². The number of carbonyl (C=O) groups is 1. The predicted molar refractivity (Wildman–Crippen MR) is 123 cm³/mol. The van der Waals surface area contributed by atoms with Gasteiger partial charge in [-0.2, -0.15) is 9.29 Å². The first-order valence-corrected chi connectivity index (χ1v) is 11.9. The van der Waals surface area contributed by atoms with Crippen LogP contribution in [-0.2, 0) is 14.8 Å². The SMILES string of the molecule is Cc1cc(C)c(S(=O)(=O)N(C)CC2CN(c3ccc(-c4noc(C)n4)cc3)C(=O)O2)c(C)c1. The monoisotopic (exact) mass is 470 g/mol. The molecule has 174 valence electrons. The molecule has 1 amide bonds. The number of hydrogen-bond donors (Lipinski definition) is 0. The number of rotatable bonds is 6. The standard InChI is InChI=1S/C23H26N4O5S/c1-14-10-15(2)21(16(3)11-14)33(29,30)26(5)12-20-13-27(23(28)31-20)19-8-6-18(7-9-19)22-24-17(4)32-25-22/h6-11,20H,12-13H2,1-5H3. The van der Waals surface area contributed by atoms with Gasteiger partial charge in [0.2, 0.25) is 21.7 Å². The molecule has 0 radical (unpaired) electrons. The Hall–Kier alpha value is -3.24. The van der Waals surface area contributed by atoms with Crippen molar-refractivity contribution < 1.29 is 22.5 Å². The Kier molecular flexibility index (Phi) is 5.98. The minimum atomic E-state index is -3.74. The van der Waals surface area contributed by atoms with E-state index >= 15 is 0 Å². The largest absolute Gasteiger partial charge is 0.443 e. The number of aryl methyl sites for hydroxylation is 4. The molecule has 33 heavy (non-hydrogen) atoms. The lowest BCUT2D eigenvalue weighted by atomic mass is 10.1. The van der Waals surface area contributed by atoms with Gasteiger partial charge in [-0.3, -0.25) is 4.90 Å². The summed E-state index contributed by atoms with van der Waals surface area (Å²) in [5, 5.41) is 3.88. The van der Waals surface area contributed by atoms with E-state index in [1.54, 1.807) is 45.0 Å². The summed E-state index contributed by atoms with van der Waals surface area (Å²) in [5.74, 6) is 0.935.